The highest BCUT2D eigenvalue weighted by atomic mass is 32.2. The Balaban J connectivity index is 1.73. The van der Waals surface area contributed by atoms with Crippen LogP contribution in [0, 0.1) is 11.8 Å². The predicted molar refractivity (Wildman–Crippen MR) is 120 cm³/mol. The molecule has 0 saturated heterocycles. The number of hydrogen-bond donors (Lipinski definition) is 3. The molecule has 0 unspecified atom stereocenters. The first-order valence-electron chi connectivity index (χ1n) is 11.6. The number of sulfonamides is 1. The van der Waals surface area contributed by atoms with Crippen LogP contribution in [0.4, 0.5) is 0 Å². The van der Waals surface area contributed by atoms with Crippen molar-refractivity contribution in [3.63, 3.8) is 0 Å². The molecular formula is C22H34N6O2S. The van der Waals surface area contributed by atoms with Crippen LogP contribution in [0.25, 0.3) is 11.4 Å². The lowest BCUT2D eigenvalue weighted by Gasteiger charge is -2.30. The third kappa shape index (κ3) is 5.15. The van der Waals surface area contributed by atoms with E-state index in [1.54, 1.807) is 0 Å². The van der Waals surface area contributed by atoms with Gasteiger partial charge in [0, 0.05) is 5.56 Å². The monoisotopic (exact) mass is 446 g/mol. The van der Waals surface area contributed by atoms with E-state index in [1.807, 2.05) is 6.07 Å². The molecule has 2 aliphatic carbocycles. The van der Waals surface area contributed by atoms with E-state index in [1.165, 1.54) is 32.1 Å². The van der Waals surface area contributed by atoms with Gasteiger partial charge < -0.3 is 5.73 Å². The van der Waals surface area contributed by atoms with Gasteiger partial charge in [0.05, 0.1) is 4.90 Å². The lowest BCUT2D eigenvalue weighted by atomic mass is 9.77. The van der Waals surface area contributed by atoms with Gasteiger partial charge in [0.25, 0.3) is 0 Å². The maximum Gasteiger partial charge on any atom is 0.239 e. The minimum atomic E-state index is -3.96. The quantitative estimate of drug-likeness (QED) is 0.596. The van der Waals surface area contributed by atoms with Gasteiger partial charge in [-0.05, 0) is 84.4 Å². The number of aromatic amines is 1. The first-order chi connectivity index (χ1) is 15.0. The maximum atomic E-state index is 12.8. The number of benzene rings is 1. The molecule has 0 spiro atoms. The zero-order chi connectivity index (χ0) is 21.8. The van der Waals surface area contributed by atoms with Gasteiger partial charge >= 0.3 is 0 Å². The Morgan fingerprint density at radius 2 is 1.74 bits per heavy atom. The fourth-order valence-electron chi connectivity index (χ4n) is 5.56. The molecule has 0 bridgehead atoms. The van der Waals surface area contributed by atoms with Crippen molar-refractivity contribution in [1.82, 2.24) is 20.6 Å². The van der Waals surface area contributed by atoms with Crippen molar-refractivity contribution in [3.05, 3.63) is 23.3 Å². The SMILES string of the molecule is NCC1CCC(c2ccc(CCC3CCCCC3)c(S(N)(=O)=O)c2-c2nnn[nH]2)CC1. The molecular weight excluding hydrogens is 412 g/mol. The third-order valence-electron chi connectivity index (χ3n) is 7.30. The summed E-state index contributed by atoms with van der Waals surface area (Å²) in [5, 5.41) is 20.1. The van der Waals surface area contributed by atoms with Crippen molar-refractivity contribution in [1.29, 1.82) is 0 Å². The number of nitrogens with one attached hydrogen (secondary N) is 1. The smallest absolute Gasteiger partial charge is 0.239 e. The van der Waals surface area contributed by atoms with Crippen LogP contribution in [-0.2, 0) is 16.4 Å². The highest BCUT2D eigenvalue weighted by Gasteiger charge is 2.30. The second kappa shape index (κ2) is 9.75. The van der Waals surface area contributed by atoms with E-state index >= 15 is 0 Å². The highest BCUT2D eigenvalue weighted by molar-refractivity contribution is 7.89. The molecule has 8 nitrogen and oxygen atoms in total. The number of primary sulfonamides is 1. The van der Waals surface area contributed by atoms with Gasteiger partial charge in [-0.1, -0.05) is 44.2 Å². The number of rotatable bonds is 7. The topological polar surface area (TPSA) is 141 Å². The van der Waals surface area contributed by atoms with Gasteiger partial charge in [-0.15, -0.1) is 5.10 Å². The Morgan fingerprint density at radius 1 is 1.00 bits per heavy atom. The molecule has 1 heterocycles. The van der Waals surface area contributed by atoms with Crippen LogP contribution in [-0.4, -0.2) is 35.6 Å². The summed E-state index contributed by atoms with van der Waals surface area (Å²) < 4.78 is 25.7. The van der Waals surface area contributed by atoms with Crippen molar-refractivity contribution in [2.45, 2.75) is 81.4 Å². The molecule has 2 aliphatic rings. The summed E-state index contributed by atoms with van der Waals surface area (Å²) >= 11 is 0. The van der Waals surface area contributed by atoms with E-state index in [0.717, 1.165) is 43.2 Å². The molecule has 4 rings (SSSR count). The summed E-state index contributed by atoms with van der Waals surface area (Å²) in [4.78, 5) is 0.195. The lowest BCUT2D eigenvalue weighted by Crippen LogP contribution is -2.22. The number of nitrogens with two attached hydrogens (primary N) is 2. The minimum absolute atomic E-state index is 0.195. The molecule has 0 amide bonds. The number of aryl methyl sites for hydroxylation is 1. The molecule has 0 atom stereocenters. The van der Waals surface area contributed by atoms with Crippen molar-refractivity contribution < 1.29 is 8.42 Å². The number of hydrogen-bond acceptors (Lipinski definition) is 6. The molecule has 5 N–H and O–H groups in total. The fraction of sp³-hybridized carbons (Fsp3) is 0.682. The highest BCUT2D eigenvalue weighted by Crippen LogP contribution is 2.42. The number of tetrazole rings is 1. The molecule has 31 heavy (non-hydrogen) atoms. The summed E-state index contributed by atoms with van der Waals surface area (Å²) in [6.07, 6.45) is 12.0. The zero-order valence-corrected chi connectivity index (χ0v) is 18.9. The molecule has 0 aliphatic heterocycles. The van der Waals surface area contributed by atoms with Crippen molar-refractivity contribution in [3.8, 4) is 11.4 Å². The van der Waals surface area contributed by atoms with Gasteiger partial charge in [0.15, 0.2) is 5.82 Å². The second-order valence-corrected chi connectivity index (χ2v) is 10.8. The van der Waals surface area contributed by atoms with E-state index in [-0.39, 0.29) is 10.8 Å². The first kappa shape index (κ1) is 22.4. The number of aromatic nitrogens is 4. The standard InChI is InChI=1S/C22H34N6O2S/c23-14-16-7-9-17(10-8-16)19-13-12-18(11-6-15-4-2-1-3-5-15)21(31(24,29)30)20(19)22-25-27-28-26-22/h12-13,15-17H,1-11,14,23H2,(H2,24,29,30)(H,25,26,27,28). The largest absolute Gasteiger partial charge is 0.330 e. The van der Waals surface area contributed by atoms with Gasteiger partial charge in [-0.25, -0.2) is 18.7 Å². The number of H-pyrrole nitrogens is 1. The van der Waals surface area contributed by atoms with Gasteiger partial charge in [-0.3, -0.25) is 0 Å². The molecule has 2 fully saturated rings. The van der Waals surface area contributed by atoms with E-state index in [2.05, 4.69) is 26.7 Å². The van der Waals surface area contributed by atoms with E-state index in [0.29, 0.717) is 36.2 Å². The molecule has 2 aromatic rings. The second-order valence-electron chi connectivity index (χ2n) is 9.31. The average molecular weight is 447 g/mol. The Morgan fingerprint density at radius 3 is 2.35 bits per heavy atom. The van der Waals surface area contributed by atoms with Gasteiger partial charge in [0.1, 0.15) is 0 Å². The minimum Gasteiger partial charge on any atom is -0.330 e. The van der Waals surface area contributed by atoms with Crippen LogP contribution in [0.15, 0.2) is 17.0 Å². The van der Waals surface area contributed by atoms with Gasteiger partial charge in [0.2, 0.25) is 10.0 Å². The summed E-state index contributed by atoms with van der Waals surface area (Å²) in [5.74, 6) is 1.82. The Hall–Kier alpha value is -1.84. The molecule has 2 saturated carbocycles. The zero-order valence-electron chi connectivity index (χ0n) is 18.1. The van der Waals surface area contributed by atoms with E-state index in [4.69, 9.17) is 10.9 Å². The fourth-order valence-corrected chi connectivity index (χ4v) is 6.59. The van der Waals surface area contributed by atoms with Crippen LogP contribution in [0.5, 0.6) is 0 Å². The van der Waals surface area contributed by atoms with Crippen LogP contribution in [0.2, 0.25) is 0 Å². The van der Waals surface area contributed by atoms with E-state index < -0.39 is 10.0 Å². The van der Waals surface area contributed by atoms with Crippen LogP contribution >= 0.6 is 0 Å². The van der Waals surface area contributed by atoms with Gasteiger partial charge in [-0.2, -0.15) is 0 Å². The summed E-state index contributed by atoms with van der Waals surface area (Å²) in [6.45, 7) is 0.703. The average Bonchev–Trinajstić information content (AvgIpc) is 3.32. The Labute approximate surface area is 184 Å². The molecule has 1 aromatic heterocycles. The molecule has 170 valence electrons. The van der Waals surface area contributed by atoms with Crippen LogP contribution < -0.4 is 10.9 Å². The van der Waals surface area contributed by atoms with Crippen molar-refractivity contribution >= 4 is 10.0 Å². The first-order valence-corrected chi connectivity index (χ1v) is 13.1. The molecule has 0 radical (unpaired) electrons. The molecule has 9 heteroatoms. The maximum absolute atomic E-state index is 12.8. The van der Waals surface area contributed by atoms with Crippen LogP contribution in [0.1, 0.15) is 81.3 Å². The predicted octanol–water partition coefficient (Wildman–Crippen LogP) is 3.26. The van der Waals surface area contributed by atoms with E-state index in [9.17, 15) is 8.42 Å². The Kier molecular flexibility index (Phi) is 7.03. The third-order valence-corrected chi connectivity index (χ3v) is 8.34. The normalized spacial score (nSPS) is 23.2. The van der Waals surface area contributed by atoms with Crippen molar-refractivity contribution in [2.75, 3.05) is 6.54 Å². The number of nitrogens with zero attached hydrogens (tertiary/aromatic N) is 3. The summed E-state index contributed by atoms with van der Waals surface area (Å²) in [6, 6.07) is 4.05. The van der Waals surface area contributed by atoms with Crippen molar-refractivity contribution in [2.24, 2.45) is 22.7 Å². The molecule has 1 aromatic carbocycles. The van der Waals surface area contributed by atoms with Crippen LogP contribution in [0.3, 0.4) is 0 Å². The Bertz CT molecular complexity index is 962. The lowest BCUT2D eigenvalue weighted by molar-refractivity contribution is 0.332. The summed E-state index contributed by atoms with van der Waals surface area (Å²) in [7, 11) is -3.96. The summed E-state index contributed by atoms with van der Waals surface area (Å²) in [5.41, 5.74) is 8.17.